The van der Waals surface area contributed by atoms with Gasteiger partial charge in [0.05, 0.1) is 22.5 Å². The van der Waals surface area contributed by atoms with E-state index in [9.17, 15) is 66.7 Å². The van der Waals surface area contributed by atoms with E-state index in [1.54, 1.807) is 0 Å². The average Bonchev–Trinajstić information content (AvgIpc) is 2.91. The van der Waals surface area contributed by atoms with E-state index in [-0.39, 0.29) is 5.56 Å². The molecule has 0 aliphatic rings. The number of rotatable bonds is 6. The molecule has 1 unspecified atom stereocenters. The van der Waals surface area contributed by atoms with Crippen LogP contribution in [0.5, 0.6) is 0 Å². The summed E-state index contributed by atoms with van der Waals surface area (Å²) < 4.78 is 191. The van der Waals surface area contributed by atoms with Crippen LogP contribution in [0, 0.1) is 15.2 Å². The molecule has 3 rings (SSSR count). The minimum atomic E-state index is -7.28. The number of anilines is 2. The maximum atomic E-state index is 15.3. The Labute approximate surface area is 256 Å². The van der Waals surface area contributed by atoms with Crippen LogP contribution in [0.4, 0.5) is 72.8 Å². The van der Waals surface area contributed by atoms with Crippen LogP contribution in [0.25, 0.3) is 0 Å². The van der Waals surface area contributed by atoms with Crippen LogP contribution in [0.1, 0.15) is 31.8 Å². The first kappa shape index (κ1) is 35.8. The van der Waals surface area contributed by atoms with Crippen LogP contribution in [-0.2, 0) is 11.8 Å². The van der Waals surface area contributed by atoms with Gasteiger partial charge in [-0.15, -0.1) is 0 Å². The van der Waals surface area contributed by atoms with Gasteiger partial charge in [-0.05, 0) is 71.1 Å². The molecule has 3 aromatic carbocycles. The van der Waals surface area contributed by atoms with E-state index in [1.807, 2.05) is 0 Å². The smallest absolute Gasteiger partial charge is 0.320 e. The highest BCUT2D eigenvalue weighted by atomic mass is 127. The van der Waals surface area contributed by atoms with E-state index in [1.165, 1.54) is 5.32 Å². The lowest BCUT2D eigenvalue weighted by atomic mass is 9.86. The molecule has 0 heterocycles. The van der Waals surface area contributed by atoms with Crippen molar-refractivity contribution >= 4 is 45.8 Å². The molecule has 0 saturated carbocycles. The molecular formula is C26H13F14IN2O2. The Morgan fingerprint density at radius 2 is 1.33 bits per heavy atom. The van der Waals surface area contributed by atoms with E-state index < -0.39 is 97.3 Å². The number of carbonyl (C=O) groups is 2. The topological polar surface area (TPSA) is 49.4 Å². The molecular weight excluding hydrogens is 765 g/mol. The van der Waals surface area contributed by atoms with Crippen molar-refractivity contribution in [2.75, 3.05) is 17.3 Å². The third-order valence-electron chi connectivity index (χ3n) is 6.19. The van der Waals surface area contributed by atoms with Crippen molar-refractivity contribution in [3.8, 4) is 0 Å². The van der Waals surface area contributed by atoms with Crippen molar-refractivity contribution in [2.24, 2.45) is 0 Å². The maximum absolute atomic E-state index is 15.3. The lowest BCUT2D eigenvalue weighted by Crippen LogP contribution is -2.59. The number of hydrogen-bond donors (Lipinski definition) is 1. The minimum Gasteiger partial charge on any atom is -0.320 e. The predicted octanol–water partition coefficient (Wildman–Crippen LogP) is 9.04. The summed E-state index contributed by atoms with van der Waals surface area (Å²) in [5.74, 6) is -12.2. The normalized spacial score (nSPS) is 14.1. The van der Waals surface area contributed by atoms with E-state index in [2.05, 4.69) is 0 Å². The summed E-state index contributed by atoms with van der Waals surface area (Å²) in [5.41, 5.74) is -15.4. The fourth-order valence-corrected chi connectivity index (χ4v) is 4.67. The average molecular weight is 778 g/mol. The van der Waals surface area contributed by atoms with Gasteiger partial charge in [-0.2, -0.15) is 48.3 Å². The van der Waals surface area contributed by atoms with Crippen molar-refractivity contribution in [1.29, 1.82) is 0 Å². The number of benzene rings is 3. The second-order valence-corrected chi connectivity index (χ2v) is 10.2. The predicted molar refractivity (Wildman–Crippen MR) is 137 cm³/mol. The zero-order chi connectivity index (χ0) is 34.5. The van der Waals surface area contributed by atoms with Gasteiger partial charge in [0.2, 0.25) is 0 Å². The van der Waals surface area contributed by atoms with Crippen LogP contribution < -0.4 is 10.2 Å². The molecule has 0 fully saturated rings. The standard InChI is InChI=1S/C26H13F14IN2O2/c1-43(21(45)11-5-7-13(27)8-6-11)17-4-2-3-14(18(17)28)20(44)42-19-15(23(30,31)32)9-12(10-16(19)41)22(29,25(35,36)37)24(33,34)26(38,39)40/h2-10H,1H3,(H,42,44). The Morgan fingerprint density at radius 1 is 0.778 bits per heavy atom. The van der Waals surface area contributed by atoms with Crippen molar-refractivity contribution in [3.63, 3.8) is 0 Å². The minimum absolute atomic E-state index is 0.156. The molecule has 1 N–H and O–H groups in total. The molecule has 45 heavy (non-hydrogen) atoms. The number of nitrogens with zero attached hydrogens (tertiary/aromatic N) is 1. The molecule has 3 aromatic rings. The lowest BCUT2D eigenvalue weighted by molar-refractivity contribution is -0.389. The van der Waals surface area contributed by atoms with Crippen LogP contribution in [-0.4, -0.2) is 37.1 Å². The van der Waals surface area contributed by atoms with Crippen LogP contribution in [0.3, 0.4) is 0 Å². The first-order valence-electron chi connectivity index (χ1n) is 11.6. The number of alkyl halides is 12. The Hall–Kier alpha value is -3.65. The Kier molecular flexibility index (Phi) is 9.50. The molecule has 0 saturated heterocycles. The zero-order valence-electron chi connectivity index (χ0n) is 21.6. The highest BCUT2D eigenvalue weighted by molar-refractivity contribution is 14.1. The molecule has 244 valence electrons. The van der Waals surface area contributed by atoms with Crippen molar-refractivity contribution in [1.82, 2.24) is 0 Å². The number of hydrogen-bond acceptors (Lipinski definition) is 2. The Morgan fingerprint density at radius 3 is 1.82 bits per heavy atom. The summed E-state index contributed by atoms with van der Waals surface area (Å²) in [6.45, 7) is 0. The van der Waals surface area contributed by atoms with Crippen molar-refractivity contribution < 1.29 is 71.1 Å². The fourth-order valence-electron chi connectivity index (χ4n) is 3.91. The van der Waals surface area contributed by atoms with Gasteiger partial charge in [0, 0.05) is 21.7 Å². The van der Waals surface area contributed by atoms with Gasteiger partial charge in [0.15, 0.2) is 5.82 Å². The number of amides is 2. The Balaban J connectivity index is 2.12. The zero-order valence-corrected chi connectivity index (χ0v) is 23.8. The summed E-state index contributed by atoms with van der Waals surface area (Å²) in [5, 5.41) is 1.50. The lowest BCUT2D eigenvalue weighted by Gasteiger charge is -2.36. The molecule has 0 bridgehead atoms. The first-order chi connectivity index (χ1) is 20.4. The van der Waals surface area contributed by atoms with E-state index in [4.69, 9.17) is 0 Å². The molecule has 4 nitrogen and oxygen atoms in total. The largest absolute Gasteiger partial charge is 0.457 e. The highest BCUT2D eigenvalue weighted by Gasteiger charge is 2.82. The molecule has 1 atom stereocenters. The number of carbonyl (C=O) groups excluding carboxylic acids is 2. The summed E-state index contributed by atoms with van der Waals surface area (Å²) >= 11 is 0.717. The number of nitrogens with one attached hydrogen (secondary N) is 1. The molecule has 0 spiro atoms. The van der Waals surface area contributed by atoms with Crippen LogP contribution in [0.2, 0.25) is 0 Å². The summed E-state index contributed by atoms with van der Waals surface area (Å²) in [4.78, 5) is 26.2. The molecule has 2 amide bonds. The van der Waals surface area contributed by atoms with Gasteiger partial charge in [-0.3, -0.25) is 9.59 Å². The van der Waals surface area contributed by atoms with Crippen LogP contribution >= 0.6 is 22.6 Å². The molecule has 0 aliphatic heterocycles. The SMILES string of the molecule is CN(C(=O)c1ccc(F)cc1)c1cccc(C(=O)Nc2c(I)cc(C(F)(C(F)(F)F)C(F)(F)C(F)(F)F)cc2C(F)(F)F)c1F. The quantitative estimate of drug-likeness (QED) is 0.201. The van der Waals surface area contributed by atoms with E-state index >= 15 is 4.39 Å². The second kappa shape index (κ2) is 11.9. The van der Waals surface area contributed by atoms with E-state index in [0.29, 0.717) is 33.6 Å². The third-order valence-corrected chi connectivity index (χ3v) is 7.04. The molecule has 19 heteroatoms. The molecule has 0 radical (unpaired) electrons. The summed E-state index contributed by atoms with van der Waals surface area (Å²) in [6.07, 6.45) is -20.2. The van der Waals surface area contributed by atoms with Gasteiger partial charge in [0.25, 0.3) is 11.8 Å². The second-order valence-electron chi connectivity index (χ2n) is 9.07. The van der Waals surface area contributed by atoms with Crippen molar-refractivity contribution in [3.05, 3.63) is 92.1 Å². The van der Waals surface area contributed by atoms with Gasteiger partial charge < -0.3 is 10.2 Å². The van der Waals surface area contributed by atoms with Gasteiger partial charge in [-0.25, -0.2) is 13.2 Å². The van der Waals surface area contributed by atoms with E-state index in [0.717, 1.165) is 43.4 Å². The highest BCUT2D eigenvalue weighted by Crippen LogP contribution is 2.59. The van der Waals surface area contributed by atoms with Gasteiger partial charge in [-0.1, -0.05) is 6.07 Å². The summed E-state index contributed by atoms with van der Waals surface area (Å²) in [6, 6.07) is 5.07. The third kappa shape index (κ3) is 6.53. The molecule has 0 aromatic heterocycles. The van der Waals surface area contributed by atoms with Crippen LogP contribution in [0.15, 0.2) is 54.6 Å². The monoisotopic (exact) mass is 778 g/mol. The maximum Gasteiger partial charge on any atom is 0.457 e. The first-order valence-corrected chi connectivity index (χ1v) is 12.7. The Bertz CT molecular complexity index is 1620. The number of halogens is 15. The summed E-state index contributed by atoms with van der Waals surface area (Å²) in [7, 11) is 1.01. The van der Waals surface area contributed by atoms with Crippen molar-refractivity contribution in [2.45, 2.75) is 30.1 Å². The molecule has 0 aliphatic carbocycles. The van der Waals surface area contributed by atoms with Gasteiger partial charge in [0.1, 0.15) is 5.82 Å². The fraction of sp³-hybridized carbons (Fsp3) is 0.231. The van der Waals surface area contributed by atoms with Gasteiger partial charge >= 0.3 is 30.1 Å².